The lowest BCUT2D eigenvalue weighted by Crippen LogP contribution is -2.57. The maximum Gasteiger partial charge on any atom is 0.407 e. The van der Waals surface area contributed by atoms with Gasteiger partial charge in [0.2, 0.25) is 0 Å². The molecule has 0 radical (unpaired) electrons. The summed E-state index contributed by atoms with van der Waals surface area (Å²) < 4.78 is 5.35. The van der Waals surface area contributed by atoms with Crippen LogP contribution in [0.4, 0.5) is 4.79 Å². The number of piperidine rings is 1. The van der Waals surface area contributed by atoms with Gasteiger partial charge in [0.1, 0.15) is 6.61 Å². The minimum Gasteiger partial charge on any atom is -0.445 e. The number of hydrogen-bond donors (Lipinski definition) is 1. The second-order valence-corrected chi connectivity index (χ2v) is 7.32. The van der Waals surface area contributed by atoms with Crippen LogP contribution in [0, 0.1) is 11.8 Å². The Morgan fingerprint density at radius 1 is 1.22 bits per heavy atom. The predicted octanol–water partition coefficient (Wildman–Crippen LogP) is 3.42. The van der Waals surface area contributed by atoms with E-state index in [0.717, 1.165) is 31.0 Å². The molecule has 1 amide bonds. The minimum atomic E-state index is -0.297. The largest absolute Gasteiger partial charge is 0.445 e. The van der Waals surface area contributed by atoms with Crippen molar-refractivity contribution < 1.29 is 9.53 Å². The molecule has 1 saturated carbocycles. The second-order valence-electron chi connectivity index (χ2n) is 7.32. The van der Waals surface area contributed by atoms with Gasteiger partial charge in [0.25, 0.3) is 0 Å². The lowest BCUT2D eigenvalue weighted by Gasteiger charge is -2.48. The molecule has 4 heteroatoms. The van der Waals surface area contributed by atoms with Crippen LogP contribution < -0.4 is 5.32 Å². The van der Waals surface area contributed by atoms with E-state index in [1.807, 2.05) is 30.3 Å². The highest BCUT2D eigenvalue weighted by molar-refractivity contribution is 5.67. The third-order valence-corrected chi connectivity index (χ3v) is 5.27. The Morgan fingerprint density at radius 2 is 2.00 bits per heavy atom. The van der Waals surface area contributed by atoms with E-state index in [-0.39, 0.29) is 12.1 Å². The molecule has 2 fully saturated rings. The second kappa shape index (κ2) is 7.35. The summed E-state index contributed by atoms with van der Waals surface area (Å²) in [5.74, 6) is 1.42. The van der Waals surface area contributed by atoms with Gasteiger partial charge in [0, 0.05) is 25.2 Å². The van der Waals surface area contributed by atoms with Crippen LogP contribution >= 0.6 is 0 Å². The van der Waals surface area contributed by atoms with Crippen molar-refractivity contribution in [3.63, 3.8) is 0 Å². The molecule has 4 atom stereocenters. The number of nitrogens with zero attached hydrogens (tertiary/aromatic N) is 1. The maximum atomic E-state index is 12.1. The number of hydrogen-bond acceptors (Lipinski definition) is 3. The van der Waals surface area contributed by atoms with Crippen molar-refractivity contribution in [3.8, 4) is 0 Å². The van der Waals surface area contributed by atoms with Gasteiger partial charge in [0.15, 0.2) is 0 Å². The first kappa shape index (κ1) is 16.3. The number of carbonyl (C=O) groups excluding carboxylic acids is 1. The number of likely N-dealkylation sites (tertiary alicyclic amines) is 1. The van der Waals surface area contributed by atoms with Gasteiger partial charge < -0.3 is 10.1 Å². The highest BCUT2D eigenvalue weighted by Crippen LogP contribution is 2.34. The fraction of sp³-hybridized carbons (Fsp3) is 0.632. The third-order valence-electron chi connectivity index (χ3n) is 5.27. The van der Waals surface area contributed by atoms with Crippen molar-refractivity contribution in [2.45, 2.75) is 51.8 Å². The molecule has 126 valence electrons. The Kier molecular flexibility index (Phi) is 5.21. The van der Waals surface area contributed by atoms with Gasteiger partial charge in [-0.15, -0.1) is 0 Å². The van der Waals surface area contributed by atoms with Gasteiger partial charge in [-0.2, -0.15) is 0 Å². The molecule has 0 bridgehead atoms. The summed E-state index contributed by atoms with van der Waals surface area (Å²) in [7, 11) is 0. The van der Waals surface area contributed by atoms with E-state index in [0.29, 0.717) is 18.6 Å². The van der Waals surface area contributed by atoms with Gasteiger partial charge in [-0.05, 0) is 36.7 Å². The topological polar surface area (TPSA) is 41.6 Å². The average Bonchev–Trinajstić information content (AvgIpc) is 2.52. The minimum absolute atomic E-state index is 0.204. The van der Waals surface area contributed by atoms with Gasteiger partial charge in [0.05, 0.1) is 0 Å². The summed E-state index contributed by atoms with van der Waals surface area (Å²) in [4.78, 5) is 14.6. The van der Waals surface area contributed by atoms with E-state index >= 15 is 0 Å². The van der Waals surface area contributed by atoms with E-state index in [2.05, 4.69) is 24.1 Å². The number of alkyl carbamates (subject to hydrolysis) is 1. The molecule has 1 saturated heterocycles. The van der Waals surface area contributed by atoms with Gasteiger partial charge >= 0.3 is 6.09 Å². The van der Waals surface area contributed by atoms with E-state index in [4.69, 9.17) is 4.74 Å². The van der Waals surface area contributed by atoms with Crippen molar-refractivity contribution in [2.75, 3.05) is 13.1 Å². The number of benzene rings is 1. The number of nitrogens with one attached hydrogen (secondary N) is 1. The fourth-order valence-electron chi connectivity index (χ4n) is 3.89. The molecule has 0 aromatic heterocycles. The first-order valence-corrected chi connectivity index (χ1v) is 8.83. The van der Waals surface area contributed by atoms with Crippen molar-refractivity contribution in [3.05, 3.63) is 35.9 Å². The standard InChI is InChI=1S/C19H28N2O2/c1-14-10-17(12-21(11-14)18-9-8-15(18)2)20-19(22)23-13-16-6-4-3-5-7-16/h3-7,14-15,17-18H,8-13H2,1-2H3,(H,20,22). The molecular weight excluding hydrogens is 288 g/mol. The summed E-state index contributed by atoms with van der Waals surface area (Å²) in [6.45, 7) is 7.06. The van der Waals surface area contributed by atoms with Crippen molar-refractivity contribution in [1.82, 2.24) is 10.2 Å². The van der Waals surface area contributed by atoms with E-state index in [9.17, 15) is 4.79 Å². The summed E-state index contributed by atoms with van der Waals surface area (Å²) in [5, 5.41) is 3.06. The third kappa shape index (κ3) is 4.25. The Labute approximate surface area is 139 Å². The zero-order valence-corrected chi connectivity index (χ0v) is 14.2. The van der Waals surface area contributed by atoms with Crippen LogP contribution in [0.5, 0.6) is 0 Å². The molecule has 0 spiro atoms. The first-order chi connectivity index (χ1) is 11.1. The first-order valence-electron chi connectivity index (χ1n) is 8.83. The Morgan fingerprint density at radius 3 is 2.65 bits per heavy atom. The van der Waals surface area contributed by atoms with Crippen LogP contribution in [0.25, 0.3) is 0 Å². The quantitative estimate of drug-likeness (QED) is 0.925. The lowest BCUT2D eigenvalue weighted by atomic mass is 9.78. The maximum absolute atomic E-state index is 12.1. The molecule has 1 aromatic carbocycles. The Balaban J connectivity index is 1.47. The van der Waals surface area contributed by atoms with Gasteiger partial charge in [-0.25, -0.2) is 4.79 Å². The number of carbonyl (C=O) groups is 1. The van der Waals surface area contributed by atoms with E-state index in [1.54, 1.807) is 0 Å². The van der Waals surface area contributed by atoms with E-state index in [1.165, 1.54) is 12.8 Å². The molecule has 1 aromatic rings. The molecule has 1 aliphatic heterocycles. The average molecular weight is 316 g/mol. The normalized spacial score (nSPS) is 31.2. The molecular formula is C19H28N2O2. The van der Waals surface area contributed by atoms with Crippen LogP contribution in [0.3, 0.4) is 0 Å². The zero-order chi connectivity index (χ0) is 16.2. The SMILES string of the molecule is CC1CC(NC(=O)OCc2ccccc2)CN(C2CCC2C)C1. The molecule has 2 aliphatic rings. The zero-order valence-electron chi connectivity index (χ0n) is 14.2. The van der Waals surface area contributed by atoms with Crippen LogP contribution in [-0.4, -0.2) is 36.2 Å². The fourth-order valence-corrected chi connectivity index (χ4v) is 3.89. The number of rotatable bonds is 4. The van der Waals surface area contributed by atoms with Gasteiger partial charge in [-0.3, -0.25) is 4.90 Å². The predicted molar refractivity (Wildman–Crippen MR) is 91.1 cm³/mol. The molecule has 1 N–H and O–H groups in total. The van der Waals surface area contributed by atoms with Crippen LogP contribution in [-0.2, 0) is 11.3 Å². The molecule has 4 unspecified atom stereocenters. The number of ether oxygens (including phenoxy) is 1. The number of amides is 1. The van der Waals surface area contributed by atoms with Crippen molar-refractivity contribution in [1.29, 1.82) is 0 Å². The Hall–Kier alpha value is -1.55. The van der Waals surface area contributed by atoms with E-state index < -0.39 is 0 Å². The summed E-state index contributed by atoms with van der Waals surface area (Å²) in [6.07, 6.45) is 3.39. The van der Waals surface area contributed by atoms with Crippen LogP contribution in [0.15, 0.2) is 30.3 Å². The summed E-state index contributed by atoms with van der Waals surface area (Å²) in [6, 6.07) is 10.7. The van der Waals surface area contributed by atoms with Crippen LogP contribution in [0.2, 0.25) is 0 Å². The van der Waals surface area contributed by atoms with Gasteiger partial charge in [-0.1, -0.05) is 44.2 Å². The molecule has 1 aliphatic carbocycles. The highest BCUT2D eigenvalue weighted by Gasteiger charge is 2.36. The summed E-state index contributed by atoms with van der Waals surface area (Å²) in [5.41, 5.74) is 1.02. The molecule has 23 heavy (non-hydrogen) atoms. The highest BCUT2D eigenvalue weighted by atomic mass is 16.5. The lowest BCUT2D eigenvalue weighted by molar-refractivity contribution is 0.0253. The molecule has 1 heterocycles. The molecule has 4 nitrogen and oxygen atoms in total. The molecule has 3 rings (SSSR count). The Bertz CT molecular complexity index is 519. The monoisotopic (exact) mass is 316 g/mol. The van der Waals surface area contributed by atoms with Crippen LogP contribution in [0.1, 0.15) is 38.7 Å². The smallest absolute Gasteiger partial charge is 0.407 e. The van der Waals surface area contributed by atoms with Crippen molar-refractivity contribution in [2.24, 2.45) is 11.8 Å². The van der Waals surface area contributed by atoms with Crippen molar-refractivity contribution >= 4 is 6.09 Å². The summed E-state index contributed by atoms with van der Waals surface area (Å²) >= 11 is 0.